The Morgan fingerprint density at radius 2 is 1.94 bits per heavy atom. The summed E-state index contributed by atoms with van der Waals surface area (Å²) in [6.07, 6.45) is 1.34. The Bertz CT molecular complexity index is 1500. The van der Waals surface area contributed by atoms with E-state index in [9.17, 15) is 14.4 Å². The molecule has 0 aliphatic rings. The van der Waals surface area contributed by atoms with E-state index >= 15 is 0 Å². The molecule has 4 aromatic rings. The number of para-hydroxylation sites is 1. The third-order valence-electron chi connectivity index (χ3n) is 5.55. The van der Waals surface area contributed by atoms with Gasteiger partial charge in [-0.15, -0.1) is 11.3 Å². The predicted octanol–water partition coefficient (Wildman–Crippen LogP) is 3.55. The molecule has 0 N–H and O–H groups in total. The third-order valence-corrected chi connectivity index (χ3v) is 6.75. The van der Waals surface area contributed by atoms with Gasteiger partial charge < -0.3 is 4.74 Å². The van der Waals surface area contributed by atoms with Crippen molar-refractivity contribution in [2.45, 2.75) is 26.8 Å². The number of benzene rings is 1. The molecule has 34 heavy (non-hydrogen) atoms. The summed E-state index contributed by atoms with van der Waals surface area (Å²) in [5.74, 6) is 0.312. The quantitative estimate of drug-likeness (QED) is 0.390. The molecule has 0 saturated heterocycles. The number of amides is 1. The van der Waals surface area contributed by atoms with Crippen molar-refractivity contribution < 1.29 is 14.4 Å². The zero-order valence-electron chi connectivity index (χ0n) is 19.7. The van der Waals surface area contributed by atoms with E-state index in [1.807, 2.05) is 44.2 Å². The van der Waals surface area contributed by atoms with Crippen molar-refractivity contribution in [2.75, 3.05) is 14.2 Å². The summed E-state index contributed by atoms with van der Waals surface area (Å²) in [4.78, 5) is 49.3. The third kappa shape index (κ3) is 4.22. The molecule has 178 valence electrons. The van der Waals surface area contributed by atoms with E-state index in [2.05, 4.69) is 4.98 Å². The second-order valence-electron chi connectivity index (χ2n) is 8.40. The summed E-state index contributed by atoms with van der Waals surface area (Å²) >= 11 is 1.29. The summed E-state index contributed by atoms with van der Waals surface area (Å²) in [5, 5.41) is 2.10. The number of nitrogens with zero attached hydrogens (tertiary/aromatic N) is 4. The maximum atomic E-state index is 13.2. The van der Waals surface area contributed by atoms with E-state index in [0.29, 0.717) is 22.7 Å². The van der Waals surface area contributed by atoms with Crippen LogP contribution in [-0.2, 0) is 24.9 Å². The maximum Gasteiger partial charge on any atom is 0.439 e. The molecule has 0 bridgehead atoms. The van der Waals surface area contributed by atoms with Gasteiger partial charge in [-0.25, -0.2) is 9.59 Å². The smallest absolute Gasteiger partial charge is 0.407 e. The van der Waals surface area contributed by atoms with Crippen LogP contribution in [-0.4, -0.2) is 39.4 Å². The van der Waals surface area contributed by atoms with Crippen molar-refractivity contribution in [3.8, 4) is 5.75 Å². The van der Waals surface area contributed by atoms with Crippen LogP contribution in [0.5, 0.6) is 5.75 Å². The molecule has 0 unspecified atom stereocenters. The normalized spacial score (nSPS) is 11.5. The predicted molar refractivity (Wildman–Crippen MR) is 132 cm³/mol. The van der Waals surface area contributed by atoms with Crippen LogP contribution in [0, 0.1) is 5.92 Å². The van der Waals surface area contributed by atoms with Gasteiger partial charge in [-0.2, -0.15) is 5.06 Å². The van der Waals surface area contributed by atoms with Gasteiger partial charge in [-0.3, -0.25) is 23.8 Å². The highest BCUT2D eigenvalue weighted by atomic mass is 32.1. The standard InChI is InChI=1S/C24H26N4O5S/c1-14(2)13-28-22-19(21(29)26(3)23(28)30)20(33-24(31)27(4)32-5)18(34-22)12-15-10-11-25-17-9-7-6-8-16(15)17/h6-11,14H,12-13H2,1-5H3. The average Bonchev–Trinajstić information content (AvgIpc) is 3.17. The maximum absolute atomic E-state index is 13.2. The van der Waals surface area contributed by atoms with Crippen molar-refractivity contribution in [3.63, 3.8) is 0 Å². The van der Waals surface area contributed by atoms with Crippen molar-refractivity contribution in [1.29, 1.82) is 0 Å². The van der Waals surface area contributed by atoms with Crippen LogP contribution in [0.25, 0.3) is 21.1 Å². The molecule has 0 atom stereocenters. The number of hydrogen-bond donors (Lipinski definition) is 0. The van der Waals surface area contributed by atoms with Gasteiger partial charge in [-0.05, 0) is 23.6 Å². The minimum absolute atomic E-state index is 0.146. The van der Waals surface area contributed by atoms with Crippen LogP contribution in [0.1, 0.15) is 24.3 Å². The van der Waals surface area contributed by atoms with E-state index in [1.54, 1.807) is 10.8 Å². The Morgan fingerprint density at radius 3 is 2.65 bits per heavy atom. The largest absolute Gasteiger partial charge is 0.439 e. The lowest BCUT2D eigenvalue weighted by molar-refractivity contribution is -0.0789. The second-order valence-corrected chi connectivity index (χ2v) is 9.48. The minimum atomic E-state index is -0.772. The molecule has 0 aliphatic heterocycles. The van der Waals surface area contributed by atoms with E-state index in [1.165, 1.54) is 32.5 Å². The molecular weight excluding hydrogens is 456 g/mol. The van der Waals surface area contributed by atoms with E-state index in [4.69, 9.17) is 9.57 Å². The topological polar surface area (TPSA) is 95.7 Å². The van der Waals surface area contributed by atoms with Gasteiger partial charge >= 0.3 is 11.8 Å². The average molecular weight is 483 g/mol. The van der Waals surface area contributed by atoms with Crippen LogP contribution >= 0.6 is 11.3 Å². The van der Waals surface area contributed by atoms with Crippen LogP contribution < -0.4 is 16.0 Å². The zero-order valence-corrected chi connectivity index (χ0v) is 20.5. The summed E-state index contributed by atoms with van der Waals surface area (Å²) in [7, 11) is 4.19. The van der Waals surface area contributed by atoms with Crippen LogP contribution in [0.2, 0.25) is 0 Å². The van der Waals surface area contributed by atoms with Crippen molar-refractivity contribution in [3.05, 3.63) is 67.8 Å². The Hall–Kier alpha value is -3.50. The number of aromatic nitrogens is 3. The van der Waals surface area contributed by atoms with Gasteiger partial charge in [0.05, 0.1) is 17.5 Å². The number of rotatable bonds is 6. The molecule has 0 saturated carbocycles. The first-order valence-corrected chi connectivity index (χ1v) is 11.6. The molecule has 0 spiro atoms. The minimum Gasteiger partial charge on any atom is -0.407 e. The van der Waals surface area contributed by atoms with Gasteiger partial charge in [0.2, 0.25) is 0 Å². The Morgan fingerprint density at radius 1 is 1.21 bits per heavy atom. The number of hydrogen-bond acceptors (Lipinski definition) is 7. The number of thiophene rings is 1. The number of carbonyl (C=O) groups excluding carboxylic acids is 1. The Balaban J connectivity index is 1.98. The molecule has 3 aromatic heterocycles. The highest BCUT2D eigenvalue weighted by Gasteiger charge is 2.26. The first-order valence-electron chi connectivity index (χ1n) is 10.8. The molecule has 0 fully saturated rings. The van der Waals surface area contributed by atoms with Gasteiger partial charge in [0.15, 0.2) is 5.75 Å². The Kier molecular flexibility index (Phi) is 6.54. The lowest BCUT2D eigenvalue weighted by atomic mass is 10.1. The van der Waals surface area contributed by atoms with Gasteiger partial charge in [-0.1, -0.05) is 32.0 Å². The van der Waals surface area contributed by atoms with Gasteiger partial charge in [0.1, 0.15) is 10.2 Å². The molecule has 10 heteroatoms. The zero-order chi connectivity index (χ0) is 24.6. The van der Waals surface area contributed by atoms with Crippen LogP contribution in [0.15, 0.2) is 46.1 Å². The number of pyridine rings is 1. The number of ether oxygens (including phenoxy) is 1. The molecule has 0 radical (unpaired) electrons. The van der Waals surface area contributed by atoms with E-state index < -0.39 is 17.3 Å². The number of hydroxylamine groups is 2. The van der Waals surface area contributed by atoms with Crippen molar-refractivity contribution in [1.82, 2.24) is 19.2 Å². The summed E-state index contributed by atoms with van der Waals surface area (Å²) in [6.45, 7) is 4.41. The molecular formula is C24H26N4O5S. The first-order chi connectivity index (χ1) is 16.2. The summed E-state index contributed by atoms with van der Waals surface area (Å²) in [6, 6.07) is 9.65. The van der Waals surface area contributed by atoms with Crippen LogP contribution in [0.3, 0.4) is 0 Å². The van der Waals surface area contributed by atoms with Crippen molar-refractivity contribution >= 4 is 38.5 Å². The number of carbonyl (C=O) groups is 1. The lowest BCUT2D eigenvalue weighted by Gasteiger charge is -2.15. The molecule has 1 amide bonds. The lowest BCUT2D eigenvalue weighted by Crippen LogP contribution is -2.38. The first kappa shape index (κ1) is 23.7. The fourth-order valence-electron chi connectivity index (χ4n) is 3.81. The second kappa shape index (κ2) is 9.40. The van der Waals surface area contributed by atoms with Crippen molar-refractivity contribution in [2.24, 2.45) is 13.0 Å². The summed E-state index contributed by atoms with van der Waals surface area (Å²) < 4.78 is 8.34. The van der Waals surface area contributed by atoms with E-state index in [0.717, 1.165) is 26.1 Å². The molecule has 1 aromatic carbocycles. The molecule has 0 aliphatic carbocycles. The van der Waals surface area contributed by atoms with Gasteiger partial charge in [0.25, 0.3) is 5.56 Å². The van der Waals surface area contributed by atoms with Gasteiger partial charge in [0, 0.05) is 38.6 Å². The monoisotopic (exact) mass is 482 g/mol. The SMILES string of the molecule is CON(C)C(=O)Oc1c(Cc2ccnc3ccccc23)sc2c1c(=O)n(C)c(=O)n2CC(C)C. The highest BCUT2D eigenvalue weighted by molar-refractivity contribution is 7.19. The molecule has 4 rings (SSSR count). The number of fused-ring (bicyclic) bond motifs is 2. The van der Waals surface area contributed by atoms with Crippen LogP contribution in [0.4, 0.5) is 4.79 Å². The highest BCUT2D eigenvalue weighted by Crippen LogP contribution is 2.38. The fraction of sp³-hybridized carbons (Fsp3) is 0.333. The fourth-order valence-corrected chi connectivity index (χ4v) is 5.05. The molecule has 3 heterocycles. The summed E-state index contributed by atoms with van der Waals surface area (Å²) in [5.41, 5.74) is 0.890. The molecule has 9 nitrogen and oxygen atoms in total. The van der Waals surface area contributed by atoms with E-state index in [-0.39, 0.29) is 17.1 Å². The Labute approximate surface area is 199 Å².